The number of carbonyl (C=O) groups is 2. The summed E-state index contributed by atoms with van der Waals surface area (Å²) < 4.78 is 5.11. The Bertz CT molecular complexity index is 662. The largest absolute Gasteiger partial charge is 0.406 e. The molecule has 0 radical (unpaired) electrons. The van der Waals surface area contributed by atoms with Crippen molar-refractivity contribution in [3.05, 3.63) is 40.3 Å². The Morgan fingerprint density at radius 1 is 1.24 bits per heavy atom. The number of thiazole rings is 1. The number of aromatic nitrogens is 1. The maximum absolute atomic E-state index is 11.1. The summed E-state index contributed by atoms with van der Waals surface area (Å²) in [7, 11) is 0. The zero-order valence-corrected chi connectivity index (χ0v) is 12.9. The molecule has 1 aromatic carbocycles. The van der Waals surface area contributed by atoms with E-state index in [1.165, 1.54) is 30.7 Å². The number of hydrogen-bond donors (Lipinski definition) is 1. The highest BCUT2D eigenvalue weighted by Gasteiger charge is 2.15. The molecule has 0 saturated carbocycles. The van der Waals surface area contributed by atoms with Gasteiger partial charge in [-0.15, -0.1) is 0 Å². The third-order valence-corrected chi connectivity index (χ3v) is 3.62. The Kier molecular flexibility index (Phi) is 4.70. The van der Waals surface area contributed by atoms with Gasteiger partial charge in [0.1, 0.15) is 0 Å². The highest BCUT2D eigenvalue weighted by molar-refractivity contribution is 7.16. The maximum Gasteiger partial charge on any atom is 0.309 e. The van der Waals surface area contributed by atoms with E-state index in [-0.39, 0.29) is 11.8 Å². The topological polar surface area (TPSA) is 68.3 Å². The number of hydrogen-bond acceptors (Lipinski definition) is 5. The predicted molar refractivity (Wildman–Crippen MR) is 81.7 cm³/mol. The van der Waals surface area contributed by atoms with Crippen LogP contribution in [0.15, 0.2) is 24.3 Å². The zero-order valence-electron chi connectivity index (χ0n) is 12.1. The number of anilines is 1. The molecule has 0 aliphatic heterocycles. The van der Waals surface area contributed by atoms with Crippen molar-refractivity contribution in [1.82, 2.24) is 4.98 Å². The molecule has 0 spiro atoms. The van der Waals surface area contributed by atoms with Crippen LogP contribution in [0.1, 0.15) is 29.9 Å². The number of rotatable bonds is 4. The summed E-state index contributed by atoms with van der Waals surface area (Å²) in [6.07, 6.45) is 0.597. The molecule has 0 atom stereocenters. The second-order valence-corrected chi connectivity index (χ2v) is 5.77. The first-order chi connectivity index (χ1) is 9.94. The Labute approximate surface area is 127 Å². The normalized spacial score (nSPS) is 10.2. The molecule has 0 aliphatic carbocycles. The van der Waals surface area contributed by atoms with E-state index >= 15 is 0 Å². The summed E-state index contributed by atoms with van der Waals surface area (Å²) in [6.45, 7) is 4.76. The lowest BCUT2D eigenvalue weighted by Crippen LogP contribution is -2.06. The van der Waals surface area contributed by atoms with Gasteiger partial charge < -0.3 is 10.1 Å². The molecule has 0 aliphatic rings. The van der Waals surface area contributed by atoms with Gasteiger partial charge >= 0.3 is 5.97 Å². The number of aryl methyl sites for hydroxylation is 1. The SMILES string of the molecule is CC(=O)Nc1nc(OC(C)=O)c(Cc2ccc(C)cc2)s1. The Morgan fingerprint density at radius 3 is 2.48 bits per heavy atom. The smallest absolute Gasteiger partial charge is 0.309 e. The number of nitrogens with one attached hydrogen (secondary N) is 1. The Balaban J connectivity index is 2.26. The van der Waals surface area contributed by atoms with E-state index in [0.29, 0.717) is 11.6 Å². The summed E-state index contributed by atoms with van der Waals surface area (Å²) in [5.74, 6) is -0.378. The Morgan fingerprint density at radius 2 is 1.90 bits per heavy atom. The van der Waals surface area contributed by atoms with Gasteiger partial charge in [-0.3, -0.25) is 9.59 Å². The van der Waals surface area contributed by atoms with Crippen LogP contribution in [0.25, 0.3) is 0 Å². The van der Waals surface area contributed by atoms with Crippen molar-refractivity contribution in [2.24, 2.45) is 0 Å². The van der Waals surface area contributed by atoms with E-state index in [2.05, 4.69) is 10.3 Å². The van der Waals surface area contributed by atoms with Crippen molar-refractivity contribution in [2.75, 3.05) is 5.32 Å². The highest BCUT2D eigenvalue weighted by atomic mass is 32.1. The first kappa shape index (κ1) is 15.2. The molecule has 1 N–H and O–H groups in total. The average Bonchev–Trinajstić information content (AvgIpc) is 2.72. The molecule has 1 aromatic heterocycles. The number of carbonyl (C=O) groups excluding carboxylic acids is 2. The zero-order chi connectivity index (χ0) is 15.4. The third kappa shape index (κ3) is 4.39. The molecule has 1 amide bonds. The van der Waals surface area contributed by atoms with E-state index in [1.807, 2.05) is 31.2 Å². The monoisotopic (exact) mass is 304 g/mol. The molecule has 5 nitrogen and oxygen atoms in total. The molecule has 21 heavy (non-hydrogen) atoms. The first-order valence-electron chi connectivity index (χ1n) is 6.45. The van der Waals surface area contributed by atoms with Crippen molar-refractivity contribution in [3.63, 3.8) is 0 Å². The second kappa shape index (κ2) is 6.49. The fraction of sp³-hybridized carbons (Fsp3) is 0.267. The summed E-state index contributed by atoms with van der Waals surface area (Å²) >= 11 is 1.31. The van der Waals surface area contributed by atoms with Gasteiger partial charge in [0.25, 0.3) is 0 Å². The quantitative estimate of drug-likeness (QED) is 0.882. The van der Waals surface area contributed by atoms with Crippen LogP contribution >= 0.6 is 11.3 Å². The minimum absolute atomic E-state index is 0.208. The summed E-state index contributed by atoms with van der Waals surface area (Å²) in [5.41, 5.74) is 2.27. The van der Waals surface area contributed by atoms with E-state index < -0.39 is 5.97 Å². The molecule has 2 aromatic rings. The van der Waals surface area contributed by atoms with E-state index in [1.54, 1.807) is 0 Å². The fourth-order valence-corrected chi connectivity index (χ4v) is 2.73. The predicted octanol–water partition coefficient (Wildman–Crippen LogP) is 2.93. The van der Waals surface area contributed by atoms with Crippen LogP contribution < -0.4 is 10.1 Å². The van der Waals surface area contributed by atoms with Crippen molar-refractivity contribution < 1.29 is 14.3 Å². The van der Waals surface area contributed by atoms with Gasteiger partial charge in [0.2, 0.25) is 11.8 Å². The third-order valence-electron chi connectivity index (χ3n) is 2.67. The van der Waals surface area contributed by atoms with Crippen LogP contribution in [0.2, 0.25) is 0 Å². The van der Waals surface area contributed by atoms with Crippen molar-refractivity contribution in [1.29, 1.82) is 0 Å². The number of nitrogens with zero attached hydrogens (tertiary/aromatic N) is 1. The summed E-state index contributed by atoms with van der Waals surface area (Å²) in [6, 6.07) is 8.09. The van der Waals surface area contributed by atoms with E-state index in [4.69, 9.17) is 4.74 Å². The minimum atomic E-state index is -0.431. The van der Waals surface area contributed by atoms with Crippen LogP contribution in [0.3, 0.4) is 0 Å². The molecule has 0 saturated heterocycles. The van der Waals surface area contributed by atoms with Gasteiger partial charge in [0.15, 0.2) is 5.13 Å². The van der Waals surface area contributed by atoms with Crippen molar-refractivity contribution in [2.45, 2.75) is 27.2 Å². The minimum Gasteiger partial charge on any atom is -0.406 e. The number of esters is 1. The number of amides is 1. The number of ether oxygens (including phenoxy) is 1. The van der Waals surface area contributed by atoms with Gasteiger partial charge in [-0.25, -0.2) is 0 Å². The molecule has 6 heteroatoms. The highest BCUT2D eigenvalue weighted by Crippen LogP contribution is 2.31. The van der Waals surface area contributed by atoms with E-state index in [9.17, 15) is 9.59 Å². The van der Waals surface area contributed by atoms with Gasteiger partial charge in [-0.05, 0) is 12.5 Å². The van der Waals surface area contributed by atoms with Gasteiger partial charge in [0.05, 0.1) is 4.88 Å². The molecular formula is C15H16N2O3S. The molecule has 110 valence electrons. The lowest BCUT2D eigenvalue weighted by Gasteiger charge is -2.02. The summed E-state index contributed by atoms with van der Waals surface area (Å²) in [4.78, 5) is 27.2. The fourth-order valence-electron chi connectivity index (χ4n) is 1.76. The second-order valence-electron chi connectivity index (χ2n) is 4.68. The van der Waals surface area contributed by atoms with E-state index in [0.717, 1.165) is 10.4 Å². The summed E-state index contributed by atoms with van der Waals surface area (Å²) in [5, 5.41) is 3.04. The van der Waals surface area contributed by atoms with Crippen LogP contribution in [-0.4, -0.2) is 16.9 Å². The van der Waals surface area contributed by atoms with Crippen molar-refractivity contribution >= 4 is 28.3 Å². The van der Waals surface area contributed by atoms with Crippen LogP contribution in [0, 0.1) is 6.92 Å². The molecule has 1 heterocycles. The van der Waals surface area contributed by atoms with Gasteiger partial charge in [-0.2, -0.15) is 4.98 Å². The van der Waals surface area contributed by atoms with Gasteiger partial charge in [0, 0.05) is 20.3 Å². The Hall–Kier alpha value is -2.21. The van der Waals surface area contributed by atoms with Crippen LogP contribution in [0.5, 0.6) is 5.88 Å². The first-order valence-corrected chi connectivity index (χ1v) is 7.27. The van der Waals surface area contributed by atoms with Gasteiger partial charge in [-0.1, -0.05) is 41.2 Å². The average molecular weight is 304 g/mol. The standard InChI is InChI=1S/C15H16N2O3S/c1-9-4-6-12(7-5-9)8-13-14(20-11(3)19)17-15(21-13)16-10(2)18/h4-7H,8H2,1-3H3,(H,16,17,18). The van der Waals surface area contributed by atoms with Crippen LogP contribution in [-0.2, 0) is 16.0 Å². The molecule has 0 fully saturated rings. The van der Waals surface area contributed by atoms with Crippen molar-refractivity contribution in [3.8, 4) is 5.88 Å². The maximum atomic E-state index is 11.1. The molecule has 2 rings (SSSR count). The van der Waals surface area contributed by atoms with Crippen LogP contribution in [0.4, 0.5) is 5.13 Å². The number of benzene rings is 1. The molecular weight excluding hydrogens is 288 g/mol. The lowest BCUT2D eigenvalue weighted by molar-refractivity contribution is -0.132. The molecule has 0 unspecified atom stereocenters. The lowest BCUT2D eigenvalue weighted by atomic mass is 10.1. The molecule has 0 bridgehead atoms.